The van der Waals surface area contributed by atoms with Crippen LogP contribution in [0.5, 0.6) is 0 Å². The summed E-state index contributed by atoms with van der Waals surface area (Å²) >= 11 is 0. The third-order valence-corrected chi connectivity index (χ3v) is 3.69. The molecule has 1 aliphatic rings. The smallest absolute Gasteiger partial charge is 0.128 e. The number of benzene rings is 1. The van der Waals surface area contributed by atoms with Crippen molar-refractivity contribution in [1.82, 2.24) is 4.90 Å². The molecule has 110 valence electrons. The Morgan fingerprint density at radius 2 is 2.15 bits per heavy atom. The van der Waals surface area contributed by atoms with E-state index in [1.54, 1.807) is 12.1 Å². The number of piperidine rings is 1. The zero-order valence-corrected chi connectivity index (χ0v) is 11.9. The molecule has 20 heavy (non-hydrogen) atoms. The minimum atomic E-state index is -0.287. The minimum absolute atomic E-state index is 0.104. The van der Waals surface area contributed by atoms with Gasteiger partial charge in [-0.15, -0.1) is 0 Å². The molecule has 0 aromatic heterocycles. The molecule has 1 aromatic rings. The average Bonchev–Trinajstić information content (AvgIpc) is 2.43. The van der Waals surface area contributed by atoms with Crippen LogP contribution in [0.15, 0.2) is 18.2 Å². The van der Waals surface area contributed by atoms with E-state index in [1.165, 1.54) is 6.07 Å². The second-order valence-electron chi connectivity index (χ2n) is 5.15. The van der Waals surface area contributed by atoms with Crippen LogP contribution in [0.4, 0.5) is 4.39 Å². The summed E-state index contributed by atoms with van der Waals surface area (Å²) in [6.45, 7) is 5.23. The van der Waals surface area contributed by atoms with Gasteiger partial charge in [0.25, 0.3) is 0 Å². The Hall–Kier alpha value is -1.46. The van der Waals surface area contributed by atoms with Gasteiger partial charge in [-0.25, -0.2) is 4.39 Å². The van der Waals surface area contributed by atoms with Crippen molar-refractivity contribution in [3.05, 3.63) is 35.1 Å². The van der Waals surface area contributed by atoms with Crippen LogP contribution in [-0.4, -0.2) is 36.5 Å². The van der Waals surface area contributed by atoms with E-state index in [0.717, 1.165) is 32.5 Å². The molecule has 2 rings (SSSR count). The van der Waals surface area contributed by atoms with Gasteiger partial charge in [-0.3, -0.25) is 10.3 Å². The van der Waals surface area contributed by atoms with Crippen molar-refractivity contribution in [2.24, 2.45) is 5.73 Å². The monoisotopic (exact) mass is 279 g/mol. The van der Waals surface area contributed by atoms with Gasteiger partial charge < -0.3 is 10.5 Å². The molecule has 0 aliphatic carbocycles. The van der Waals surface area contributed by atoms with Gasteiger partial charge in [0.05, 0.1) is 6.10 Å². The highest BCUT2D eigenvalue weighted by atomic mass is 19.1. The lowest BCUT2D eigenvalue weighted by atomic mass is 10.1. The fourth-order valence-corrected chi connectivity index (χ4v) is 2.55. The fraction of sp³-hybridized carbons (Fsp3) is 0.533. The molecule has 0 saturated carbocycles. The van der Waals surface area contributed by atoms with Gasteiger partial charge in [-0.2, -0.15) is 0 Å². The number of rotatable bonds is 5. The number of nitrogens with zero attached hydrogens (tertiary/aromatic N) is 1. The predicted octanol–water partition coefficient (Wildman–Crippen LogP) is 2.11. The third kappa shape index (κ3) is 3.77. The van der Waals surface area contributed by atoms with E-state index in [0.29, 0.717) is 23.8 Å². The summed E-state index contributed by atoms with van der Waals surface area (Å²) in [5, 5.41) is 7.30. The maximum atomic E-state index is 14.0. The minimum Gasteiger partial charge on any atom is -0.384 e. The van der Waals surface area contributed by atoms with Crippen LogP contribution in [0.1, 0.15) is 30.9 Å². The Balaban J connectivity index is 1.93. The molecule has 3 N–H and O–H groups in total. The second-order valence-corrected chi connectivity index (χ2v) is 5.15. The van der Waals surface area contributed by atoms with Gasteiger partial charge in [-0.1, -0.05) is 12.1 Å². The van der Waals surface area contributed by atoms with Gasteiger partial charge in [-0.05, 0) is 25.8 Å². The Kier molecular flexibility index (Phi) is 5.09. The van der Waals surface area contributed by atoms with Crippen LogP contribution < -0.4 is 5.73 Å². The summed E-state index contributed by atoms with van der Waals surface area (Å²) in [6, 6.07) is 4.76. The molecular formula is C15H22FN3O. The molecule has 0 atom stereocenters. The molecule has 0 spiro atoms. The first kappa shape index (κ1) is 14.9. The van der Waals surface area contributed by atoms with E-state index in [4.69, 9.17) is 15.9 Å². The number of halogens is 1. The van der Waals surface area contributed by atoms with Crippen LogP contribution in [-0.2, 0) is 11.3 Å². The lowest BCUT2D eigenvalue weighted by Crippen LogP contribution is -2.36. The molecule has 1 heterocycles. The van der Waals surface area contributed by atoms with Crippen LogP contribution in [0, 0.1) is 11.2 Å². The van der Waals surface area contributed by atoms with E-state index >= 15 is 0 Å². The van der Waals surface area contributed by atoms with Crippen molar-refractivity contribution in [3.8, 4) is 0 Å². The largest absolute Gasteiger partial charge is 0.384 e. The van der Waals surface area contributed by atoms with Crippen LogP contribution in [0.3, 0.4) is 0 Å². The lowest BCUT2D eigenvalue weighted by Gasteiger charge is -2.31. The molecule has 1 fully saturated rings. The highest BCUT2D eigenvalue weighted by molar-refractivity contribution is 5.94. The van der Waals surface area contributed by atoms with Crippen LogP contribution in [0.25, 0.3) is 0 Å². The molecule has 0 amide bonds. The number of nitrogens with one attached hydrogen (secondary N) is 1. The maximum Gasteiger partial charge on any atom is 0.128 e. The molecule has 5 heteroatoms. The Labute approximate surface area is 119 Å². The number of ether oxygens (including phenoxy) is 1. The molecule has 4 nitrogen and oxygen atoms in total. The van der Waals surface area contributed by atoms with Crippen molar-refractivity contribution in [3.63, 3.8) is 0 Å². The van der Waals surface area contributed by atoms with Crippen LogP contribution in [0.2, 0.25) is 0 Å². The van der Waals surface area contributed by atoms with Crippen LogP contribution >= 0.6 is 0 Å². The van der Waals surface area contributed by atoms with Crippen molar-refractivity contribution in [2.75, 3.05) is 19.7 Å². The Bertz CT molecular complexity index is 470. The molecule has 0 bridgehead atoms. The second kappa shape index (κ2) is 6.81. The molecule has 1 aromatic carbocycles. The fourth-order valence-electron chi connectivity index (χ4n) is 2.55. The van der Waals surface area contributed by atoms with Gasteiger partial charge in [0.15, 0.2) is 0 Å². The average molecular weight is 279 g/mol. The van der Waals surface area contributed by atoms with Gasteiger partial charge >= 0.3 is 0 Å². The van der Waals surface area contributed by atoms with E-state index < -0.39 is 0 Å². The number of amidine groups is 1. The van der Waals surface area contributed by atoms with Gasteiger partial charge in [0.2, 0.25) is 0 Å². The first-order valence-electron chi connectivity index (χ1n) is 7.07. The zero-order chi connectivity index (χ0) is 14.5. The van der Waals surface area contributed by atoms with Crippen molar-refractivity contribution in [2.45, 2.75) is 32.4 Å². The topological polar surface area (TPSA) is 62.3 Å². The number of hydrogen-bond acceptors (Lipinski definition) is 3. The first-order valence-corrected chi connectivity index (χ1v) is 7.07. The zero-order valence-electron chi connectivity index (χ0n) is 11.9. The number of hydrogen-bond donors (Lipinski definition) is 2. The first-order chi connectivity index (χ1) is 9.60. The SMILES string of the molecule is CCOC1CCN(Cc2ccc(C(=N)N)cc2F)CC1. The summed E-state index contributed by atoms with van der Waals surface area (Å²) in [5.41, 5.74) is 6.44. The molecule has 0 radical (unpaired) electrons. The molecular weight excluding hydrogens is 257 g/mol. The quantitative estimate of drug-likeness (QED) is 0.641. The summed E-state index contributed by atoms with van der Waals surface area (Å²) in [6.07, 6.45) is 2.35. The van der Waals surface area contributed by atoms with E-state index in [2.05, 4.69) is 4.90 Å². The van der Waals surface area contributed by atoms with E-state index in [1.807, 2.05) is 6.92 Å². The highest BCUT2D eigenvalue weighted by Crippen LogP contribution is 2.18. The summed E-state index contributed by atoms with van der Waals surface area (Å²) in [5.74, 6) is -0.391. The van der Waals surface area contributed by atoms with E-state index in [-0.39, 0.29) is 11.7 Å². The summed E-state index contributed by atoms with van der Waals surface area (Å²) < 4.78 is 19.6. The molecule has 0 unspecified atom stereocenters. The Morgan fingerprint density at radius 1 is 1.45 bits per heavy atom. The number of nitrogen functional groups attached to an aromatic ring is 1. The summed E-state index contributed by atoms with van der Waals surface area (Å²) in [4.78, 5) is 2.24. The van der Waals surface area contributed by atoms with E-state index in [9.17, 15) is 4.39 Å². The van der Waals surface area contributed by atoms with Gasteiger partial charge in [0, 0.05) is 37.4 Å². The van der Waals surface area contributed by atoms with Crippen molar-refractivity contribution < 1.29 is 9.13 Å². The number of nitrogens with two attached hydrogens (primary N) is 1. The highest BCUT2D eigenvalue weighted by Gasteiger charge is 2.20. The Morgan fingerprint density at radius 3 is 2.70 bits per heavy atom. The normalized spacial score (nSPS) is 17.3. The maximum absolute atomic E-state index is 14.0. The van der Waals surface area contributed by atoms with Crippen molar-refractivity contribution >= 4 is 5.84 Å². The number of likely N-dealkylation sites (tertiary alicyclic amines) is 1. The van der Waals surface area contributed by atoms with Gasteiger partial charge in [0.1, 0.15) is 11.7 Å². The summed E-state index contributed by atoms with van der Waals surface area (Å²) in [7, 11) is 0. The lowest BCUT2D eigenvalue weighted by molar-refractivity contribution is 0.0123. The van der Waals surface area contributed by atoms with Crippen molar-refractivity contribution in [1.29, 1.82) is 5.41 Å². The predicted molar refractivity (Wildman–Crippen MR) is 77.3 cm³/mol. The molecule has 1 aliphatic heterocycles. The molecule has 1 saturated heterocycles. The standard InChI is InChI=1S/C15H22FN3O/c1-2-20-13-5-7-19(8-6-13)10-12-4-3-11(15(17)18)9-14(12)16/h3-4,9,13H,2,5-8,10H2,1H3,(H3,17,18). The third-order valence-electron chi connectivity index (χ3n) is 3.69.